The molecule has 0 radical (unpaired) electrons. The second-order valence-electron chi connectivity index (χ2n) is 8.25. The molecule has 162 valence electrons. The van der Waals surface area contributed by atoms with E-state index in [4.69, 9.17) is 22.1 Å². The van der Waals surface area contributed by atoms with E-state index in [1.807, 2.05) is 29.1 Å². The monoisotopic (exact) mass is 436 g/mol. The maximum atomic E-state index is 5.85. The molecule has 0 spiro atoms. The summed E-state index contributed by atoms with van der Waals surface area (Å²) in [6, 6.07) is 12.8. The van der Waals surface area contributed by atoms with Gasteiger partial charge in [-0.3, -0.25) is 14.5 Å². The SMILES string of the molecule is COc1ccc(N2CCCN(Cn3nc(-c4cccnc4)n(C4CC4)c3=S)CC2)cc1. The molecule has 1 saturated carbocycles. The van der Waals surface area contributed by atoms with Crippen LogP contribution in [0.25, 0.3) is 11.4 Å². The third-order valence-corrected chi connectivity index (χ3v) is 6.47. The second-order valence-corrected chi connectivity index (χ2v) is 8.61. The van der Waals surface area contributed by atoms with Crippen molar-refractivity contribution in [3.8, 4) is 17.1 Å². The summed E-state index contributed by atoms with van der Waals surface area (Å²) in [5.74, 6) is 1.83. The Morgan fingerprint density at radius 1 is 1.06 bits per heavy atom. The number of benzene rings is 1. The van der Waals surface area contributed by atoms with Crippen molar-refractivity contribution >= 4 is 17.9 Å². The molecule has 7 nitrogen and oxygen atoms in total. The fourth-order valence-corrected chi connectivity index (χ4v) is 4.55. The number of anilines is 1. The summed E-state index contributed by atoms with van der Waals surface area (Å²) >= 11 is 5.85. The molecule has 2 aliphatic rings. The lowest BCUT2D eigenvalue weighted by molar-refractivity contribution is 0.219. The van der Waals surface area contributed by atoms with Gasteiger partial charge in [0.05, 0.1) is 13.8 Å². The van der Waals surface area contributed by atoms with Gasteiger partial charge in [-0.1, -0.05) is 0 Å². The van der Waals surface area contributed by atoms with E-state index < -0.39 is 0 Å². The highest BCUT2D eigenvalue weighted by Crippen LogP contribution is 2.38. The normalized spacial score (nSPS) is 17.5. The average Bonchev–Trinajstić information content (AvgIpc) is 3.63. The molecule has 3 aromatic rings. The average molecular weight is 437 g/mol. The number of rotatable bonds is 6. The smallest absolute Gasteiger partial charge is 0.199 e. The van der Waals surface area contributed by atoms with Crippen molar-refractivity contribution in [3.63, 3.8) is 0 Å². The number of hydrogen-bond acceptors (Lipinski definition) is 6. The van der Waals surface area contributed by atoms with Gasteiger partial charge < -0.3 is 9.64 Å². The van der Waals surface area contributed by atoms with Crippen LogP contribution >= 0.6 is 12.2 Å². The Labute approximate surface area is 187 Å². The number of hydrogen-bond donors (Lipinski definition) is 0. The van der Waals surface area contributed by atoms with E-state index >= 15 is 0 Å². The first-order valence-electron chi connectivity index (χ1n) is 10.9. The standard InChI is InChI=1S/C23H28N6OS/c1-30-21-9-7-19(8-10-21)27-13-3-12-26(14-15-27)17-28-23(31)29(20-5-6-20)22(25-28)18-4-2-11-24-16-18/h2,4,7-11,16,20H,3,5-6,12-15,17H2,1H3. The summed E-state index contributed by atoms with van der Waals surface area (Å²) in [5, 5.41) is 4.93. The van der Waals surface area contributed by atoms with E-state index in [1.54, 1.807) is 13.3 Å². The molecule has 31 heavy (non-hydrogen) atoms. The van der Waals surface area contributed by atoms with Crippen molar-refractivity contribution in [2.24, 2.45) is 0 Å². The molecular weight excluding hydrogens is 408 g/mol. The van der Waals surface area contributed by atoms with Crippen LogP contribution in [0, 0.1) is 4.77 Å². The van der Waals surface area contributed by atoms with E-state index in [0.29, 0.717) is 6.04 Å². The van der Waals surface area contributed by atoms with Gasteiger partial charge in [0, 0.05) is 55.9 Å². The van der Waals surface area contributed by atoms with E-state index in [9.17, 15) is 0 Å². The molecule has 1 saturated heterocycles. The molecule has 0 amide bonds. The van der Waals surface area contributed by atoms with E-state index in [-0.39, 0.29) is 0 Å². The van der Waals surface area contributed by atoms with Gasteiger partial charge in [-0.05, 0) is 67.9 Å². The second kappa shape index (κ2) is 8.80. The lowest BCUT2D eigenvalue weighted by Crippen LogP contribution is -2.32. The molecule has 3 heterocycles. The van der Waals surface area contributed by atoms with Crippen molar-refractivity contribution in [1.82, 2.24) is 24.2 Å². The fourth-order valence-electron chi connectivity index (χ4n) is 4.22. The Hall–Kier alpha value is -2.71. The largest absolute Gasteiger partial charge is 0.497 e. The molecule has 1 aliphatic heterocycles. The Bertz CT molecular complexity index is 1070. The van der Waals surface area contributed by atoms with Gasteiger partial charge in [-0.15, -0.1) is 0 Å². The molecule has 8 heteroatoms. The summed E-state index contributed by atoms with van der Waals surface area (Å²) in [4.78, 5) is 9.18. The zero-order valence-corrected chi connectivity index (χ0v) is 18.7. The lowest BCUT2D eigenvalue weighted by Gasteiger charge is -2.23. The molecule has 0 N–H and O–H groups in total. The summed E-state index contributed by atoms with van der Waals surface area (Å²) in [6.07, 6.45) is 7.13. The highest BCUT2D eigenvalue weighted by atomic mass is 32.1. The highest BCUT2D eigenvalue weighted by molar-refractivity contribution is 7.71. The number of methoxy groups -OCH3 is 1. The Balaban J connectivity index is 1.31. The van der Waals surface area contributed by atoms with Crippen molar-refractivity contribution < 1.29 is 4.74 Å². The molecule has 0 atom stereocenters. The van der Waals surface area contributed by atoms with Crippen LogP contribution in [0.5, 0.6) is 5.75 Å². The summed E-state index contributed by atoms with van der Waals surface area (Å²) in [7, 11) is 1.70. The van der Waals surface area contributed by atoms with Gasteiger partial charge in [0.25, 0.3) is 0 Å². The number of ether oxygens (including phenoxy) is 1. The fraction of sp³-hybridized carbons (Fsp3) is 0.435. The third kappa shape index (κ3) is 4.36. The van der Waals surface area contributed by atoms with Crippen LogP contribution in [0.4, 0.5) is 5.69 Å². The van der Waals surface area contributed by atoms with Crippen molar-refractivity contribution in [3.05, 3.63) is 53.6 Å². The minimum absolute atomic E-state index is 0.478. The molecule has 0 bridgehead atoms. The molecule has 2 aromatic heterocycles. The first-order chi connectivity index (χ1) is 15.2. The van der Waals surface area contributed by atoms with Crippen molar-refractivity contribution in [2.75, 3.05) is 38.2 Å². The minimum atomic E-state index is 0.478. The van der Waals surface area contributed by atoms with E-state index in [2.05, 4.69) is 37.5 Å². The molecule has 2 fully saturated rings. The summed E-state index contributed by atoms with van der Waals surface area (Å²) < 4.78 is 10.3. The van der Waals surface area contributed by atoms with Gasteiger partial charge >= 0.3 is 0 Å². The quantitative estimate of drug-likeness (QED) is 0.545. The maximum Gasteiger partial charge on any atom is 0.199 e. The van der Waals surface area contributed by atoms with Gasteiger partial charge in [0.15, 0.2) is 10.6 Å². The van der Waals surface area contributed by atoms with Crippen LogP contribution < -0.4 is 9.64 Å². The number of aromatic nitrogens is 4. The third-order valence-electron chi connectivity index (χ3n) is 6.06. The van der Waals surface area contributed by atoms with Crippen LogP contribution in [0.2, 0.25) is 0 Å². The van der Waals surface area contributed by atoms with Crippen molar-refractivity contribution in [1.29, 1.82) is 0 Å². The molecule has 1 aliphatic carbocycles. The minimum Gasteiger partial charge on any atom is -0.497 e. The zero-order chi connectivity index (χ0) is 21.2. The summed E-state index contributed by atoms with van der Waals surface area (Å²) in [6.45, 7) is 4.77. The van der Waals surface area contributed by atoms with Crippen LogP contribution in [0.1, 0.15) is 25.3 Å². The maximum absolute atomic E-state index is 5.85. The Kier molecular flexibility index (Phi) is 5.74. The molecule has 1 aromatic carbocycles. The number of pyridine rings is 1. The molecule has 5 rings (SSSR count). The zero-order valence-electron chi connectivity index (χ0n) is 17.9. The van der Waals surface area contributed by atoms with Gasteiger partial charge in [0.2, 0.25) is 0 Å². The van der Waals surface area contributed by atoms with Gasteiger partial charge in [0.1, 0.15) is 5.75 Å². The first kappa shape index (κ1) is 20.2. The van der Waals surface area contributed by atoms with Crippen LogP contribution in [0.3, 0.4) is 0 Å². The lowest BCUT2D eigenvalue weighted by atomic mass is 10.2. The topological polar surface area (TPSA) is 51.4 Å². The van der Waals surface area contributed by atoms with Crippen LogP contribution in [-0.2, 0) is 6.67 Å². The Morgan fingerprint density at radius 2 is 1.90 bits per heavy atom. The van der Waals surface area contributed by atoms with E-state index in [1.165, 1.54) is 18.5 Å². The highest BCUT2D eigenvalue weighted by Gasteiger charge is 2.29. The van der Waals surface area contributed by atoms with Crippen LogP contribution in [0.15, 0.2) is 48.8 Å². The van der Waals surface area contributed by atoms with Crippen molar-refractivity contribution in [2.45, 2.75) is 32.0 Å². The van der Waals surface area contributed by atoms with Crippen LogP contribution in [-0.4, -0.2) is 57.5 Å². The van der Waals surface area contributed by atoms with Gasteiger partial charge in [-0.25, -0.2) is 4.68 Å². The first-order valence-corrected chi connectivity index (χ1v) is 11.3. The Morgan fingerprint density at radius 3 is 2.61 bits per heavy atom. The predicted molar refractivity (Wildman–Crippen MR) is 124 cm³/mol. The van der Waals surface area contributed by atoms with E-state index in [0.717, 1.165) is 61.2 Å². The van der Waals surface area contributed by atoms with Gasteiger partial charge in [-0.2, -0.15) is 5.10 Å². The molecular formula is C23H28N6OS. The number of nitrogens with zero attached hydrogens (tertiary/aromatic N) is 6. The summed E-state index contributed by atoms with van der Waals surface area (Å²) in [5.41, 5.74) is 2.27. The molecule has 0 unspecified atom stereocenters. The predicted octanol–water partition coefficient (Wildman–Crippen LogP) is 3.99.